The second-order valence-corrected chi connectivity index (χ2v) is 4.50. The average Bonchev–Trinajstić information content (AvgIpc) is 2.44. The van der Waals surface area contributed by atoms with Crippen molar-refractivity contribution in [2.24, 2.45) is 0 Å². The number of benzene rings is 2. The number of rotatable bonds is 6. The summed E-state index contributed by atoms with van der Waals surface area (Å²) < 4.78 is 0. The van der Waals surface area contributed by atoms with Crippen LogP contribution in [0.15, 0.2) is 73.8 Å². The molecule has 2 rings (SSSR count). The van der Waals surface area contributed by atoms with Gasteiger partial charge >= 0.3 is 0 Å². The van der Waals surface area contributed by atoms with Crippen molar-refractivity contribution in [3.63, 3.8) is 0 Å². The Morgan fingerprint density at radius 1 is 0.684 bits per heavy atom. The molecule has 0 aliphatic carbocycles. The van der Waals surface area contributed by atoms with Crippen molar-refractivity contribution in [2.75, 3.05) is 5.32 Å². The van der Waals surface area contributed by atoms with Gasteiger partial charge < -0.3 is 5.32 Å². The lowest BCUT2D eigenvalue weighted by atomic mass is 10.1. The van der Waals surface area contributed by atoms with Crippen LogP contribution in [-0.4, -0.2) is 0 Å². The van der Waals surface area contributed by atoms with Crippen molar-refractivity contribution >= 4 is 11.4 Å². The molecule has 0 bridgehead atoms. The van der Waals surface area contributed by atoms with E-state index in [0.717, 1.165) is 24.2 Å². The van der Waals surface area contributed by atoms with E-state index in [4.69, 9.17) is 0 Å². The molecule has 2 aromatic rings. The fraction of sp³-hybridized carbons (Fsp3) is 0.111. The Kier molecular flexibility index (Phi) is 4.57. The van der Waals surface area contributed by atoms with Gasteiger partial charge in [-0.1, -0.05) is 36.4 Å². The molecule has 0 radical (unpaired) electrons. The molecule has 0 saturated heterocycles. The summed E-state index contributed by atoms with van der Waals surface area (Å²) in [6, 6.07) is 16.9. The first-order valence-corrected chi connectivity index (χ1v) is 6.48. The van der Waals surface area contributed by atoms with Crippen LogP contribution in [0.25, 0.3) is 0 Å². The van der Waals surface area contributed by atoms with Gasteiger partial charge in [0.2, 0.25) is 0 Å². The zero-order valence-corrected chi connectivity index (χ0v) is 11.1. The second kappa shape index (κ2) is 6.60. The maximum absolute atomic E-state index is 3.75. The van der Waals surface area contributed by atoms with Gasteiger partial charge in [-0.05, 0) is 48.2 Å². The number of hydrogen-bond donors (Lipinski definition) is 1. The fourth-order valence-corrected chi connectivity index (χ4v) is 1.95. The van der Waals surface area contributed by atoms with Crippen molar-refractivity contribution in [2.45, 2.75) is 12.8 Å². The summed E-state index contributed by atoms with van der Waals surface area (Å²) in [5, 5.41) is 3.39. The molecule has 19 heavy (non-hydrogen) atoms. The standard InChI is InChI=1S/C18H19N/c1-3-5-15-7-11-17(12-8-15)19-18-13-9-16(6-4-2)10-14-18/h3-4,7-14,19H,1-2,5-6H2. The molecule has 0 spiro atoms. The zero-order chi connectivity index (χ0) is 13.5. The van der Waals surface area contributed by atoms with Gasteiger partial charge in [0.15, 0.2) is 0 Å². The van der Waals surface area contributed by atoms with Gasteiger partial charge in [0, 0.05) is 11.4 Å². The van der Waals surface area contributed by atoms with Gasteiger partial charge in [-0.15, -0.1) is 13.2 Å². The Labute approximate surface area is 115 Å². The minimum absolute atomic E-state index is 0.913. The maximum atomic E-state index is 3.75. The molecule has 0 heterocycles. The Hall–Kier alpha value is -2.28. The minimum Gasteiger partial charge on any atom is -0.356 e. The first kappa shape index (κ1) is 13.2. The Balaban J connectivity index is 2.03. The predicted molar refractivity (Wildman–Crippen MR) is 84.0 cm³/mol. The van der Waals surface area contributed by atoms with Crippen LogP contribution in [0.4, 0.5) is 11.4 Å². The van der Waals surface area contributed by atoms with Crippen molar-refractivity contribution < 1.29 is 0 Å². The Bertz CT molecular complexity index is 483. The topological polar surface area (TPSA) is 12.0 Å². The molecule has 0 aliphatic heterocycles. The third kappa shape index (κ3) is 3.85. The quantitative estimate of drug-likeness (QED) is 0.719. The molecule has 0 fully saturated rings. The fourth-order valence-electron chi connectivity index (χ4n) is 1.95. The molecule has 96 valence electrons. The molecule has 2 aromatic carbocycles. The van der Waals surface area contributed by atoms with E-state index in [-0.39, 0.29) is 0 Å². The minimum atomic E-state index is 0.913. The van der Waals surface area contributed by atoms with Crippen LogP contribution in [0, 0.1) is 0 Å². The third-order valence-corrected chi connectivity index (χ3v) is 2.96. The van der Waals surface area contributed by atoms with Crippen LogP contribution in [0.3, 0.4) is 0 Å². The number of nitrogens with one attached hydrogen (secondary N) is 1. The molecule has 0 aromatic heterocycles. The zero-order valence-electron chi connectivity index (χ0n) is 11.1. The average molecular weight is 249 g/mol. The monoisotopic (exact) mass is 249 g/mol. The first-order chi connectivity index (χ1) is 9.31. The van der Waals surface area contributed by atoms with Gasteiger partial charge in [-0.25, -0.2) is 0 Å². The highest BCUT2D eigenvalue weighted by atomic mass is 14.9. The highest BCUT2D eigenvalue weighted by molar-refractivity contribution is 5.60. The van der Waals surface area contributed by atoms with Crippen molar-refractivity contribution in [1.82, 2.24) is 0 Å². The summed E-state index contributed by atoms with van der Waals surface area (Å²) in [5.41, 5.74) is 4.76. The highest BCUT2D eigenvalue weighted by Gasteiger charge is 1.96. The van der Waals surface area contributed by atoms with E-state index >= 15 is 0 Å². The summed E-state index contributed by atoms with van der Waals surface area (Å²) in [6.45, 7) is 7.49. The van der Waals surface area contributed by atoms with Crippen LogP contribution in [0.1, 0.15) is 11.1 Å². The normalized spacial score (nSPS) is 9.89. The molecule has 1 nitrogen and oxygen atoms in total. The molecule has 1 heteroatoms. The number of anilines is 2. The Morgan fingerprint density at radius 3 is 1.37 bits per heavy atom. The largest absolute Gasteiger partial charge is 0.356 e. The molecule has 0 saturated carbocycles. The summed E-state index contributed by atoms with van der Waals surface area (Å²) >= 11 is 0. The summed E-state index contributed by atoms with van der Waals surface area (Å²) in [4.78, 5) is 0. The maximum Gasteiger partial charge on any atom is 0.0384 e. The van der Waals surface area contributed by atoms with E-state index in [2.05, 4.69) is 67.0 Å². The van der Waals surface area contributed by atoms with Crippen LogP contribution in [-0.2, 0) is 12.8 Å². The lowest BCUT2D eigenvalue weighted by Gasteiger charge is -2.08. The van der Waals surface area contributed by atoms with E-state index < -0.39 is 0 Å². The molecule has 0 atom stereocenters. The smallest absolute Gasteiger partial charge is 0.0384 e. The molecule has 0 amide bonds. The van der Waals surface area contributed by atoms with E-state index in [1.54, 1.807) is 0 Å². The highest BCUT2D eigenvalue weighted by Crippen LogP contribution is 2.18. The number of allylic oxidation sites excluding steroid dienone is 2. The lowest BCUT2D eigenvalue weighted by molar-refractivity contribution is 1.27. The van der Waals surface area contributed by atoms with Gasteiger partial charge in [0.25, 0.3) is 0 Å². The molecular weight excluding hydrogens is 230 g/mol. The van der Waals surface area contributed by atoms with E-state index in [1.165, 1.54) is 11.1 Å². The molecule has 1 N–H and O–H groups in total. The third-order valence-electron chi connectivity index (χ3n) is 2.96. The molecular formula is C18H19N. The van der Waals surface area contributed by atoms with Crippen LogP contribution >= 0.6 is 0 Å². The summed E-state index contributed by atoms with van der Waals surface area (Å²) in [5.74, 6) is 0. The SMILES string of the molecule is C=CCc1ccc(Nc2ccc(CC=C)cc2)cc1. The van der Waals surface area contributed by atoms with E-state index in [1.807, 2.05) is 12.2 Å². The molecule has 0 aliphatic rings. The van der Waals surface area contributed by atoms with Crippen LogP contribution in [0.2, 0.25) is 0 Å². The molecule has 0 unspecified atom stereocenters. The van der Waals surface area contributed by atoms with Crippen molar-refractivity contribution in [1.29, 1.82) is 0 Å². The van der Waals surface area contributed by atoms with E-state index in [9.17, 15) is 0 Å². The van der Waals surface area contributed by atoms with Gasteiger partial charge in [-0.3, -0.25) is 0 Å². The summed E-state index contributed by atoms with van der Waals surface area (Å²) in [7, 11) is 0. The van der Waals surface area contributed by atoms with E-state index in [0.29, 0.717) is 0 Å². The predicted octanol–water partition coefficient (Wildman–Crippen LogP) is 4.89. The van der Waals surface area contributed by atoms with Crippen molar-refractivity contribution in [3.8, 4) is 0 Å². The first-order valence-electron chi connectivity index (χ1n) is 6.48. The lowest BCUT2D eigenvalue weighted by Crippen LogP contribution is -1.91. The number of hydrogen-bond acceptors (Lipinski definition) is 1. The second-order valence-electron chi connectivity index (χ2n) is 4.50. The van der Waals surface area contributed by atoms with Gasteiger partial charge in [0.1, 0.15) is 0 Å². The van der Waals surface area contributed by atoms with Crippen molar-refractivity contribution in [3.05, 3.63) is 85.0 Å². The van der Waals surface area contributed by atoms with Crippen LogP contribution < -0.4 is 5.32 Å². The van der Waals surface area contributed by atoms with Crippen LogP contribution in [0.5, 0.6) is 0 Å². The summed E-state index contributed by atoms with van der Waals surface area (Å²) in [6.07, 6.45) is 5.66. The van der Waals surface area contributed by atoms with Gasteiger partial charge in [-0.2, -0.15) is 0 Å². The Morgan fingerprint density at radius 2 is 1.05 bits per heavy atom. The van der Waals surface area contributed by atoms with Gasteiger partial charge in [0.05, 0.1) is 0 Å².